The number of fused-ring (bicyclic) bond motifs is 2. The molecule has 0 aliphatic carbocycles. The summed E-state index contributed by atoms with van der Waals surface area (Å²) >= 11 is 0. The van der Waals surface area contributed by atoms with E-state index in [4.69, 9.17) is 0 Å². The molecule has 4 rings (SSSR count). The number of rotatable bonds is 1. The fraction of sp³-hybridized carbons (Fsp3) is 0.200. The van der Waals surface area contributed by atoms with E-state index in [2.05, 4.69) is 15.2 Å². The molecule has 0 radical (unpaired) electrons. The molecule has 4 heterocycles. The molecule has 104 valence electrons. The van der Waals surface area contributed by atoms with Crippen molar-refractivity contribution in [3.63, 3.8) is 0 Å². The van der Waals surface area contributed by atoms with Crippen LogP contribution >= 0.6 is 0 Å². The molecule has 1 amide bonds. The number of hydrogen-bond donors (Lipinski definition) is 0. The predicted octanol–water partition coefficient (Wildman–Crippen LogP) is 1.59. The van der Waals surface area contributed by atoms with Gasteiger partial charge in [0.15, 0.2) is 5.65 Å². The standard InChI is InChI=1S/C15H13N5O/c1-10-5-11-7-20(8-12(11)6-16-10)15(21)13-3-2-4-19-9-17-18-14(13)19/h2-6,9H,7-8H2,1H3. The Morgan fingerprint density at radius 1 is 1.29 bits per heavy atom. The molecule has 0 atom stereocenters. The predicted molar refractivity (Wildman–Crippen MR) is 75.5 cm³/mol. The molecule has 0 unspecified atom stereocenters. The van der Waals surface area contributed by atoms with Crippen molar-refractivity contribution in [3.8, 4) is 0 Å². The van der Waals surface area contributed by atoms with Gasteiger partial charge in [-0.2, -0.15) is 0 Å². The highest BCUT2D eigenvalue weighted by molar-refractivity contribution is 5.99. The first-order valence-electron chi connectivity index (χ1n) is 6.74. The topological polar surface area (TPSA) is 63.4 Å². The van der Waals surface area contributed by atoms with Gasteiger partial charge >= 0.3 is 0 Å². The van der Waals surface area contributed by atoms with Crippen LogP contribution in [0, 0.1) is 6.92 Å². The second kappa shape index (κ2) is 4.37. The number of aromatic nitrogens is 4. The summed E-state index contributed by atoms with van der Waals surface area (Å²) in [5.41, 5.74) is 4.43. The van der Waals surface area contributed by atoms with Crippen LogP contribution in [0.15, 0.2) is 36.9 Å². The highest BCUT2D eigenvalue weighted by Crippen LogP contribution is 2.24. The Kier molecular flexibility index (Phi) is 2.50. The van der Waals surface area contributed by atoms with Crippen LogP contribution in [0.25, 0.3) is 5.65 Å². The van der Waals surface area contributed by atoms with E-state index in [1.165, 1.54) is 5.56 Å². The maximum Gasteiger partial charge on any atom is 0.258 e. The van der Waals surface area contributed by atoms with Gasteiger partial charge < -0.3 is 4.90 Å². The molecular weight excluding hydrogens is 266 g/mol. The van der Waals surface area contributed by atoms with Crippen LogP contribution in [-0.2, 0) is 13.1 Å². The van der Waals surface area contributed by atoms with Crippen molar-refractivity contribution in [1.82, 2.24) is 24.5 Å². The molecule has 0 N–H and O–H groups in total. The number of nitrogens with zero attached hydrogens (tertiary/aromatic N) is 5. The summed E-state index contributed by atoms with van der Waals surface area (Å²) in [6, 6.07) is 5.66. The molecule has 0 saturated carbocycles. The van der Waals surface area contributed by atoms with Gasteiger partial charge in [0.05, 0.1) is 5.56 Å². The zero-order chi connectivity index (χ0) is 14.4. The fourth-order valence-electron chi connectivity index (χ4n) is 2.73. The molecule has 1 aliphatic rings. The third kappa shape index (κ3) is 1.87. The Hall–Kier alpha value is -2.76. The second-order valence-corrected chi connectivity index (χ2v) is 5.24. The molecule has 0 bridgehead atoms. The van der Waals surface area contributed by atoms with Gasteiger partial charge in [-0.15, -0.1) is 10.2 Å². The van der Waals surface area contributed by atoms with Gasteiger partial charge in [0.25, 0.3) is 5.91 Å². The summed E-state index contributed by atoms with van der Waals surface area (Å²) < 4.78 is 1.75. The first-order valence-corrected chi connectivity index (χ1v) is 6.74. The third-order valence-corrected chi connectivity index (χ3v) is 3.78. The van der Waals surface area contributed by atoms with Gasteiger partial charge in [0.2, 0.25) is 0 Å². The molecule has 21 heavy (non-hydrogen) atoms. The van der Waals surface area contributed by atoms with Gasteiger partial charge in [-0.1, -0.05) is 0 Å². The van der Waals surface area contributed by atoms with Crippen molar-refractivity contribution < 1.29 is 4.79 Å². The molecule has 6 heteroatoms. The highest BCUT2D eigenvalue weighted by Gasteiger charge is 2.26. The van der Waals surface area contributed by atoms with Crippen LogP contribution in [0.3, 0.4) is 0 Å². The highest BCUT2D eigenvalue weighted by atomic mass is 16.2. The Morgan fingerprint density at radius 3 is 3.05 bits per heavy atom. The van der Waals surface area contributed by atoms with Crippen molar-refractivity contribution in [3.05, 3.63) is 59.3 Å². The first-order chi connectivity index (χ1) is 10.2. The van der Waals surface area contributed by atoms with Crippen LogP contribution in [-0.4, -0.2) is 30.4 Å². The van der Waals surface area contributed by atoms with E-state index in [-0.39, 0.29) is 5.91 Å². The number of pyridine rings is 2. The molecule has 1 aliphatic heterocycles. The van der Waals surface area contributed by atoms with Crippen LogP contribution in [0.1, 0.15) is 27.2 Å². The second-order valence-electron chi connectivity index (χ2n) is 5.24. The van der Waals surface area contributed by atoms with E-state index in [9.17, 15) is 4.79 Å². The van der Waals surface area contributed by atoms with Crippen LogP contribution < -0.4 is 0 Å². The van der Waals surface area contributed by atoms with Crippen molar-refractivity contribution in [2.45, 2.75) is 20.0 Å². The average molecular weight is 279 g/mol. The molecule has 3 aromatic rings. The fourth-order valence-corrected chi connectivity index (χ4v) is 2.73. The molecule has 0 saturated heterocycles. The molecule has 0 aromatic carbocycles. The van der Waals surface area contributed by atoms with E-state index in [0.29, 0.717) is 24.3 Å². The molecule has 6 nitrogen and oxygen atoms in total. The minimum absolute atomic E-state index is 0.0255. The Labute approximate surface area is 121 Å². The van der Waals surface area contributed by atoms with Gasteiger partial charge in [-0.25, -0.2) is 0 Å². The zero-order valence-corrected chi connectivity index (χ0v) is 11.5. The van der Waals surface area contributed by atoms with Crippen LogP contribution in [0.2, 0.25) is 0 Å². The van der Waals surface area contributed by atoms with Crippen molar-refractivity contribution in [2.24, 2.45) is 0 Å². The van der Waals surface area contributed by atoms with Crippen LogP contribution in [0.5, 0.6) is 0 Å². The molecule has 3 aromatic heterocycles. The third-order valence-electron chi connectivity index (χ3n) is 3.78. The maximum absolute atomic E-state index is 12.7. The van der Waals surface area contributed by atoms with Gasteiger partial charge in [-0.05, 0) is 36.2 Å². The maximum atomic E-state index is 12.7. The lowest BCUT2D eigenvalue weighted by Gasteiger charge is -2.15. The van der Waals surface area contributed by atoms with E-state index >= 15 is 0 Å². The smallest absolute Gasteiger partial charge is 0.258 e. The lowest BCUT2D eigenvalue weighted by Crippen LogP contribution is -2.25. The normalized spacial score (nSPS) is 13.7. The largest absolute Gasteiger partial charge is 0.330 e. The zero-order valence-electron chi connectivity index (χ0n) is 11.5. The number of carbonyl (C=O) groups excluding carboxylic acids is 1. The minimum Gasteiger partial charge on any atom is -0.330 e. The number of hydrogen-bond acceptors (Lipinski definition) is 4. The lowest BCUT2D eigenvalue weighted by molar-refractivity contribution is 0.0752. The van der Waals surface area contributed by atoms with Crippen molar-refractivity contribution >= 4 is 11.6 Å². The number of amides is 1. The summed E-state index contributed by atoms with van der Waals surface area (Å²) in [4.78, 5) is 18.8. The summed E-state index contributed by atoms with van der Waals surface area (Å²) in [6.07, 6.45) is 5.28. The monoisotopic (exact) mass is 279 g/mol. The van der Waals surface area contributed by atoms with E-state index < -0.39 is 0 Å². The van der Waals surface area contributed by atoms with Crippen LogP contribution in [0.4, 0.5) is 0 Å². The molecule has 0 spiro atoms. The van der Waals surface area contributed by atoms with Gasteiger partial charge in [-0.3, -0.25) is 14.2 Å². The Balaban J connectivity index is 1.69. The summed E-state index contributed by atoms with van der Waals surface area (Å²) in [5, 5.41) is 7.88. The van der Waals surface area contributed by atoms with Gasteiger partial charge in [0.1, 0.15) is 6.33 Å². The first kappa shape index (κ1) is 12.0. The van der Waals surface area contributed by atoms with E-state index in [0.717, 1.165) is 11.3 Å². The molecular formula is C15H13N5O. The summed E-state index contributed by atoms with van der Waals surface area (Å²) in [6.45, 7) is 3.17. The van der Waals surface area contributed by atoms with E-state index in [1.54, 1.807) is 16.8 Å². The number of carbonyl (C=O) groups is 1. The average Bonchev–Trinajstić information content (AvgIpc) is 3.11. The van der Waals surface area contributed by atoms with E-state index in [1.807, 2.05) is 36.4 Å². The minimum atomic E-state index is -0.0255. The van der Waals surface area contributed by atoms with Gasteiger partial charge in [0, 0.05) is 31.2 Å². The molecule has 0 fully saturated rings. The summed E-state index contributed by atoms with van der Waals surface area (Å²) in [7, 11) is 0. The SMILES string of the molecule is Cc1cc2c(cn1)CN(C(=O)c1cccn3cnnc13)C2. The number of aryl methyl sites for hydroxylation is 1. The summed E-state index contributed by atoms with van der Waals surface area (Å²) in [5.74, 6) is -0.0255. The van der Waals surface area contributed by atoms with Crippen molar-refractivity contribution in [1.29, 1.82) is 0 Å². The van der Waals surface area contributed by atoms with Crippen molar-refractivity contribution in [2.75, 3.05) is 0 Å². The lowest BCUT2D eigenvalue weighted by atomic mass is 10.2. The quantitative estimate of drug-likeness (QED) is 0.678. The Morgan fingerprint density at radius 2 is 2.14 bits per heavy atom. The Bertz CT molecular complexity index is 854.